The maximum Gasteiger partial charge on any atom is 0.277 e. The molecule has 0 saturated carbocycles. The Morgan fingerprint density at radius 3 is 2.62 bits per heavy atom. The zero-order chi connectivity index (χ0) is 24.2. The number of H-pyrrole nitrogens is 1. The van der Waals surface area contributed by atoms with Crippen molar-refractivity contribution >= 4 is 21.1 Å². The number of rotatable bonds is 7. The summed E-state index contributed by atoms with van der Waals surface area (Å²) in [5, 5.41) is 4.47. The minimum atomic E-state index is -3.71. The van der Waals surface area contributed by atoms with Crippen molar-refractivity contribution in [2.24, 2.45) is 7.05 Å². The first-order valence-electron chi connectivity index (χ1n) is 11.7. The molecule has 3 aromatic rings. The second-order valence-electron chi connectivity index (χ2n) is 9.08. The molecule has 0 radical (unpaired) electrons. The van der Waals surface area contributed by atoms with Crippen molar-refractivity contribution in [3.63, 3.8) is 0 Å². The predicted octanol–water partition coefficient (Wildman–Crippen LogP) is 1.75. The zero-order valence-electron chi connectivity index (χ0n) is 19.9. The largest absolute Gasteiger partial charge is 0.493 e. The molecule has 0 amide bonds. The third-order valence-corrected chi connectivity index (χ3v) is 8.74. The van der Waals surface area contributed by atoms with Gasteiger partial charge in [0, 0.05) is 32.2 Å². The van der Waals surface area contributed by atoms with Crippen LogP contribution in [0.5, 0.6) is 5.75 Å². The van der Waals surface area contributed by atoms with E-state index in [2.05, 4.69) is 15.0 Å². The number of fused-ring (bicyclic) bond motifs is 3. The van der Waals surface area contributed by atoms with E-state index in [4.69, 9.17) is 9.72 Å². The molecule has 1 N–H and O–H groups in total. The summed E-state index contributed by atoms with van der Waals surface area (Å²) in [6, 6.07) is 5.02. The third-order valence-electron chi connectivity index (χ3n) is 6.83. The highest BCUT2D eigenvalue weighted by atomic mass is 32.2. The number of hydrogen-bond donors (Lipinski definition) is 1. The summed E-state index contributed by atoms with van der Waals surface area (Å²) in [7, 11) is 0.0495. The Kier molecular flexibility index (Phi) is 5.73. The summed E-state index contributed by atoms with van der Waals surface area (Å²) in [6.07, 6.45) is 2.40. The fourth-order valence-corrected chi connectivity index (χ4v) is 6.87. The number of aromatic nitrogens is 4. The molecule has 0 spiro atoms. The van der Waals surface area contributed by atoms with Crippen molar-refractivity contribution in [2.45, 2.75) is 50.1 Å². The smallest absolute Gasteiger partial charge is 0.277 e. The highest BCUT2D eigenvalue weighted by Gasteiger charge is 2.47. The average molecular weight is 487 g/mol. The summed E-state index contributed by atoms with van der Waals surface area (Å²) in [4.78, 5) is 22.9. The second kappa shape index (κ2) is 8.47. The Balaban J connectivity index is 1.63. The van der Waals surface area contributed by atoms with E-state index >= 15 is 0 Å². The van der Waals surface area contributed by atoms with E-state index in [-0.39, 0.29) is 28.4 Å². The highest BCUT2D eigenvalue weighted by molar-refractivity contribution is 7.89. The monoisotopic (exact) mass is 486 g/mol. The molecule has 2 atom stereocenters. The van der Waals surface area contributed by atoms with Crippen molar-refractivity contribution < 1.29 is 13.2 Å². The number of benzene rings is 1. The van der Waals surface area contributed by atoms with Gasteiger partial charge in [-0.15, -0.1) is 0 Å². The summed E-state index contributed by atoms with van der Waals surface area (Å²) >= 11 is 0. The van der Waals surface area contributed by atoms with E-state index in [1.807, 2.05) is 20.9 Å². The van der Waals surface area contributed by atoms with Crippen molar-refractivity contribution in [3.05, 3.63) is 34.2 Å². The van der Waals surface area contributed by atoms with Gasteiger partial charge in [-0.05, 0) is 45.0 Å². The van der Waals surface area contributed by atoms with Crippen LogP contribution in [0.4, 0.5) is 0 Å². The molecule has 182 valence electrons. The van der Waals surface area contributed by atoms with Crippen LogP contribution >= 0.6 is 0 Å². The Hall–Kier alpha value is -2.76. The van der Waals surface area contributed by atoms with Gasteiger partial charge in [-0.25, -0.2) is 13.4 Å². The van der Waals surface area contributed by atoms with Crippen LogP contribution in [-0.2, 0) is 23.5 Å². The highest BCUT2D eigenvalue weighted by Crippen LogP contribution is 2.37. The molecule has 2 saturated heterocycles. The second-order valence-corrected chi connectivity index (χ2v) is 11.0. The minimum Gasteiger partial charge on any atom is -0.493 e. The van der Waals surface area contributed by atoms with Crippen LogP contribution in [0.15, 0.2) is 27.9 Å². The SMILES string of the molecule is CCCc1nn(C)c2c(=O)[nH]c(-c3cc(S(=O)(=O)N4CC5CC4CN5C)ccc3OCC)nc12. The molecule has 2 aliphatic heterocycles. The molecule has 2 unspecified atom stereocenters. The molecule has 2 aromatic heterocycles. The standard InChI is InChI=1S/C23H30N6O4S/c1-5-7-18-20-21(28(4)26-18)23(30)25-22(24-20)17-11-16(8-9-19(17)33-6-2)34(31,32)29-13-14-10-15(29)12-27(14)3/h8-9,11,14-15H,5-7,10,12-13H2,1-4H3,(H,24,25,30). The van der Waals surface area contributed by atoms with Crippen LogP contribution in [0.2, 0.25) is 0 Å². The van der Waals surface area contributed by atoms with Gasteiger partial charge >= 0.3 is 0 Å². The molecule has 5 rings (SSSR count). The molecular weight excluding hydrogens is 456 g/mol. The molecule has 1 aromatic carbocycles. The fourth-order valence-electron chi connectivity index (χ4n) is 5.17. The first-order valence-corrected chi connectivity index (χ1v) is 13.1. The van der Waals surface area contributed by atoms with Crippen LogP contribution in [-0.4, -0.2) is 76.2 Å². The lowest BCUT2D eigenvalue weighted by molar-refractivity contribution is 0.216. The lowest BCUT2D eigenvalue weighted by atomic mass is 10.1. The first-order chi connectivity index (χ1) is 16.2. The van der Waals surface area contributed by atoms with E-state index in [1.54, 1.807) is 34.2 Å². The molecule has 11 heteroatoms. The predicted molar refractivity (Wildman–Crippen MR) is 128 cm³/mol. The maximum atomic E-state index is 13.6. The van der Waals surface area contributed by atoms with Gasteiger partial charge in [0.25, 0.3) is 5.56 Å². The molecule has 2 bridgehead atoms. The number of aryl methyl sites for hydroxylation is 2. The van der Waals surface area contributed by atoms with Crippen molar-refractivity contribution in [2.75, 3.05) is 26.7 Å². The number of ether oxygens (including phenoxy) is 1. The van der Waals surface area contributed by atoms with Gasteiger partial charge in [-0.3, -0.25) is 9.48 Å². The molecule has 10 nitrogen and oxygen atoms in total. The van der Waals surface area contributed by atoms with Crippen LogP contribution in [0.3, 0.4) is 0 Å². The van der Waals surface area contributed by atoms with Crippen LogP contribution < -0.4 is 10.3 Å². The lowest BCUT2D eigenvalue weighted by Crippen LogP contribution is -2.47. The molecule has 34 heavy (non-hydrogen) atoms. The summed E-state index contributed by atoms with van der Waals surface area (Å²) in [5.74, 6) is 0.735. The number of piperazine rings is 1. The molecule has 4 heterocycles. The van der Waals surface area contributed by atoms with E-state index in [0.29, 0.717) is 41.9 Å². The van der Waals surface area contributed by atoms with Crippen molar-refractivity contribution in [3.8, 4) is 17.1 Å². The number of nitrogens with zero attached hydrogens (tertiary/aromatic N) is 5. The van der Waals surface area contributed by atoms with E-state index in [9.17, 15) is 13.2 Å². The summed E-state index contributed by atoms with van der Waals surface area (Å²) in [5.41, 5.74) is 1.78. The van der Waals surface area contributed by atoms with E-state index < -0.39 is 10.0 Å². The maximum absolute atomic E-state index is 13.6. The van der Waals surface area contributed by atoms with Crippen LogP contribution in [0.1, 0.15) is 32.4 Å². The van der Waals surface area contributed by atoms with Gasteiger partial charge in [0.15, 0.2) is 5.52 Å². The number of nitrogens with one attached hydrogen (secondary N) is 1. The Labute approximate surface area is 198 Å². The number of likely N-dealkylation sites (N-methyl/N-ethyl adjacent to an activating group) is 1. The summed E-state index contributed by atoms with van der Waals surface area (Å²) < 4.78 is 36.1. The number of aromatic amines is 1. The third kappa shape index (κ3) is 3.62. The fraction of sp³-hybridized carbons (Fsp3) is 0.522. The van der Waals surface area contributed by atoms with Crippen LogP contribution in [0, 0.1) is 0 Å². The number of hydrogen-bond acceptors (Lipinski definition) is 7. The average Bonchev–Trinajstić information content (AvgIpc) is 3.47. The lowest BCUT2D eigenvalue weighted by Gasteiger charge is -2.31. The van der Waals surface area contributed by atoms with Crippen molar-refractivity contribution in [1.29, 1.82) is 0 Å². The van der Waals surface area contributed by atoms with Gasteiger partial charge < -0.3 is 14.6 Å². The van der Waals surface area contributed by atoms with Crippen LogP contribution in [0.25, 0.3) is 22.4 Å². The molecular formula is C23H30N6O4S. The Morgan fingerprint density at radius 2 is 1.97 bits per heavy atom. The minimum absolute atomic E-state index is 0.0173. The van der Waals surface area contributed by atoms with E-state index in [0.717, 1.165) is 25.1 Å². The number of sulfonamides is 1. The van der Waals surface area contributed by atoms with Crippen molar-refractivity contribution in [1.82, 2.24) is 29.0 Å². The zero-order valence-corrected chi connectivity index (χ0v) is 20.7. The summed E-state index contributed by atoms with van der Waals surface area (Å²) in [6.45, 7) is 5.51. The van der Waals surface area contributed by atoms with Gasteiger partial charge in [0.05, 0.1) is 22.8 Å². The molecule has 2 fully saturated rings. The molecule has 2 aliphatic rings. The van der Waals surface area contributed by atoms with Gasteiger partial charge in [-0.2, -0.15) is 9.40 Å². The van der Waals surface area contributed by atoms with Gasteiger partial charge in [0.1, 0.15) is 17.1 Å². The van der Waals surface area contributed by atoms with E-state index in [1.165, 1.54) is 0 Å². The number of likely N-dealkylation sites (tertiary alicyclic amines) is 1. The Morgan fingerprint density at radius 1 is 1.18 bits per heavy atom. The topological polar surface area (TPSA) is 113 Å². The quantitative estimate of drug-likeness (QED) is 0.541. The Bertz CT molecular complexity index is 1410. The van der Waals surface area contributed by atoms with Gasteiger partial charge in [-0.1, -0.05) is 13.3 Å². The normalized spacial score (nSPS) is 21.1. The first kappa shape index (κ1) is 23.0. The van der Waals surface area contributed by atoms with Gasteiger partial charge in [0.2, 0.25) is 10.0 Å². The molecule has 0 aliphatic carbocycles.